The molecule has 0 heterocycles. The van der Waals surface area contributed by atoms with Gasteiger partial charge in [0.1, 0.15) is 17.6 Å². The summed E-state index contributed by atoms with van der Waals surface area (Å²) >= 11 is 0. The lowest BCUT2D eigenvalue weighted by Crippen LogP contribution is -2.74. The maximum absolute atomic E-state index is 14.3. The van der Waals surface area contributed by atoms with E-state index in [1.54, 1.807) is 0 Å². The van der Waals surface area contributed by atoms with Crippen molar-refractivity contribution in [1.82, 2.24) is 0 Å². The number of esters is 3. The molecule has 0 aromatic heterocycles. The smallest absolute Gasteiger partial charge is 0.459 e. The van der Waals surface area contributed by atoms with Gasteiger partial charge in [-0.05, 0) is 61.9 Å². The Balaban J connectivity index is 2.05. The molecule has 0 spiro atoms. The van der Waals surface area contributed by atoms with Crippen molar-refractivity contribution in [2.24, 2.45) is 0 Å². The molecule has 1 unspecified atom stereocenters. The van der Waals surface area contributed by atoms with Gasteiger partial charge in [-0.1, -0.05) is 45.4 Å². The second-order valence-electron chi connectivity index (χ2n) is 12.9. The van der Waals surface area contributed by atoms with E-state index in [1.165, 1.54) is 24.3 Å². The van der Waals surface area contributed by atoms with E-state index in [9.17, 15) is 89.0 Å². The first-order valence-corrected chi connectivity index (χ1v) is 16.9. The first-order valence-electron chi connectivity index (χ1n) is 16.9. The zero-order valence-corrected chi connectivity index (χ0v) is 29.9. The molecule has 2 rings (SSSR count). The monoisotopic (exact) mass is 872 g/mol. The lowest BCUT2D eigenvalue weighted by atomic mass is 9.88. The van der Waals surface area contributed by atoms with Gasteiger partial charge in [-0.3, -0.25) is 4.79 Å². The summed E-state index contributed by atoms with van der Waals surface area (Å²) in [4.78, 5) is 36.9. The summed E-state index contributed by atoms with van der Waals surface area (Å²) in [5.74, 6) is -60.7. The lowest BCUT2D eigenvalue weighted by molar-refractivity contribution is -0.462. The fraction of sp³-hybridized carbons (Fsp3) is 0.571. The van der Waals surface area contributed by atoms with Gasteiger partial charge in [-0.25, -0.2) is 9.59 Å². The Kier molecular flexibility index (Phi) is 15.7. The maximum Gasteiger partial charge on any atom is 0.460 e. The third-order valence-corrected chi connectivity index (χ3v) is 8.25. The Morgan fingerprint density at radius 2 is 0.879 bits per heavy atom. The van der Waals surface area contributed by atoms with Crippen LogP contribution < -0.4 is 9.47 Å². The van der Waals surface area contributed by atoms with E-state index >= 15 is 0 Å². The minimum Gasteiger partial charge on any atom is -0.459 e. The summed E-state index contributed by atoms with van der Waals surface area (Å²) in [5.41, 5.74) is -0.968. The minimum atomic E-state index is -8.76. The van der Waals surface area contributed by atoms with E-state index in [0.717, 1.165) is 62.8 Å². The molecule has 0 aliphatic rings. The van der Waals surface area contributed by atoms with Crippen LogP contribution in [0.15, 0.2) is 48.5 Å². The van der Waals surface area contributed by atoms with Gasteiger partial charge >= 0.3 is 65.5 Å². The predicted molar refractivity (Wildman–Crippen MR) is 166 cm³/mol. The summed E-state index contributed by atoms with van der Waals surface area (Å²) in [6.45, 7) is 2.33. The predicted octanol–water partition coefficient (Wildman–Crippen LogP) is 11.9. The lowest BCUT2D eigenvalue weighted by Gasteiger charge is -2.43. The number of hydrogen-bond donors (Lipinski definition) is 0. The Bertz CT molecular complexity index is 1690. The Morgan fingerprint density at radius 1 is 0.500 bits per heavy atom. The second-order valence-corrected chi connectivity index (χ2v) is 12.9. The molecule has 1 atom stereocenters. The van der Waals surface area contributed by atoms with Crippen LogP contribution >= 0.6 is 0 Å². The zero-order valence-electron chi connectivity index (χ0n) is 29.9. The van der Waals surface area contributed by atoms with Crippen molar-refractivity contribution in [3.8, 4) is 11.5 Å². The highest BCUT2D eigenvalue weighted by atomic mass is 19.4. The van der Waals surface area contributed by atoms with Crippen molar-refractivity contribution in [3.63, 3.8) is 0 Å². The first-order chi connectivity index (χ1) is 26.3. The maximum atomic E-state index is 14.3. The molecular formula is C35H33F17O6. The van der Waals surface area contributed by atoms with Gasteiger partial charge in [0.25, 0.3) is 0 Å². The summed E-state index contributed by atoms with van der Waals surface area (Å²) < 4.78 is 245. The van der Waals surface area contributed by atoms with Crippen LogP contribution in [0, 0.1) is 0 Å². The molecule has 2 aromatic rings. The molecule has 2 aromatic carbocycles. The third kappa shape index (κ3) is 10.4. The fourth-order valence-corrected chi connectivity index (χ4v) is 4.87. The molecule has 0 aliphatic carbocycles. The van der Waals surface area contributed by atoms with Crippen LogP contribution in [-0.4, -0.2) is 71.6 Å². The molecule has 0 N–H and O–H groups in total. The average molecular weight is 873 g/mol. The van der Waals surface area contributed by atoms with Gasteiger partial charge in [0, 0.05) is 6.42 Å². The molecule has 23 heteroatoms. The Hall–Kier alpha value is -4.34. The average Bonchev–Trinajstić information content (AvgIpc) is 3.10. The van der Waals surface area contributed by atoms with Crippen molar-refractivity contribution >= 4 is 17.9 Å². The molecule has 0 aliphatic heterocycles. The molecule has 328 valence electrons. The number of alkyl halides is 17. The normalized spacial score (nSPS) is 14.2. The highest BCUT2D eigenvalue weighted by Crippen LogP contribution is 2.64. The summed E-state index contributed by atoms with van der Waals surface area (Å²) in [5, 5.41) is 0. The number of rotatable bonds is 21. The number of benzene rings is 2. The molecule has 6 nitrogen and oxygen atoms in total. The fourth-order valence-electron chi connectivity index (χ4n) is 4.87. The summed E-state index contributed by atoms with van der Waals surface area (Å²) in [7, 11) is 0. The Labute approximate surface area is 318 Å². The van der Waals surface area contributed by atoms with Gasteiger partial charge in [0.05, 0.1) is 17.5 Å². The number of hydrogen-bond acceptors (Lipinski definition) is 6. The summed E-state index contributed by atoms with van der Waals surface area (Å²) in [6.07, 6.45) is -6.51. The number of halogens is 17. The molecule has 0 saturated carbocycles. The van der Waals surface area contributed by atoms with E-state index < -0.39 is 83.6 Å². The van der Waals surface area contributed by atoms with Gasteiger partial charge in [-0.2, -0.15) is 74.6 Å². The second kappa shape index (κ2) is 18.3. The van der Waals surface area contributed by atoms with Crippen LogP contribution in [0.25, 0.3) is 0 Å². The topological polar surface area (TPSA) is 78.9 Å². The highest BCUT2D eigenvalue weighted by Gasteiger charge is 2.95. The zero-order chi connectivity index (χ0) is 44.8. The van der Waals surface area contributed by atoms with Gasteiger partial charge in [0.15, 0.2) is 0 Å². The van der Waals surface area contributed by atoms with E-state index in [-0.39, 0.29) is 30.4 Å². The van der Waals surface area contributed by atoms with Gasteiger partial charge in [-0.15, -0.1) is 0 Å². The SMILES string of the molecule is CCCCCCCCCC(=O)Oc1ccc(OC(=O)c2ccc(C(=O)OC(C)CC(F)(F)C(F)(F)C(F)(F)C(F)(F)C(F)(F)C(F)(F)C(F)(F)C(F)(F)F)cc2)cc1. The highest BCUT2D eigenvalue weighted by molar-refractivity contribution is 5.94. The number of carbonyl (C=O) groups is 3. The molecule has 0 fully saturated rings. The van der Waals surface area contributed by atoms with E-state index in [0.29, 0.717) is 6.42 Å². The molecule has 0 saturated heterocycles. The van der Waals surface area contributed by atoms with Gasteiger partial charge in [0.2, 0.25) is 0 Å². The molecule has 58 heavy (non-hydrogen) atoms. The van der Waals surface area contributed by atoms with E-state index in [2.05, 4.69) is 11.7 Å². The number of unbranched alkanes of at least 4 members (excludes halogenated alkanes) is 6. The van der Waals surface area contributed by atoms with Crippen LogP contribution in [0.2, 0.25) is 0 Å². The molecular weight excluding hydrogens is 839 g/mol. The standard InChI is InChI=1S/C35H33F17O6/c1-3-4-5-6-7-8-9-10-25(53)57-23-15-17-24(18-16-23)58-27(55)22-13-11-21(12-14-22)26(54)56-20(2)19-28(36,37)29(38,39)30(40,41)31(42,43)32(44,45)33(46,47)34(48,49)35(50,51)52/h11-18,20H,3-10,19H2,1-2H3. The number of ether oxygens (including phenoxy) is 3. The first kappa shape index (κ1) is 49.8. The van der Waals surface area contributed by atoms with Gasteiger partial charge < -0.3 is 14.2 Å². The molecule has 0 bridgehead atoms. The minimum absolute atomic E-state index is 0.0630. The molecule has 0 radical (unpaired) electrons. The summed E-state index contributed by atoms with van der Waals surface area (Å²) in [6, 6.07) is 8.37. The van der Waals surface area contributed by atoms with Crippen molar-refractivity contribution in [1.29, 1.82) is 0 Å². The van der Waals surface area contributed by atoms with Crippen LogP contribution in [0.3, 0.4) is 0 Å². The van der Waals surface area contributed by atoms with Crippen LogP contribution in [0.5, 0.6) is 11.5 Å². The van der Waals surface area contributed by atoms with Crippen LogP contribution in [-0.2, 0) is 9.53 Å². The largest absolute Gasteiger partial charge is 0.460 e. The van der Waals surface area contributed by atoms with Crippen molar-refractivity contribution < 1.29 is 103 Å². The van der Waals surface area contributed by atoms with Crippen molar-refractivity contribution in [2.45, 2.75) is 125 Å². The Morgan fingerprint density at radius 3 is 1.33 bits per heavy atom. The third-order valence-electron chi connectivity index (χ3n) is 8.25. The van der Waals surface area contributed by atoms with Crippen LogP contribution in [0.1, 0.15) is 92.4 Å². The quantitative estimate of drug-likeness (QED) is 0.0538. The van der Waals surface area contributed by atoms with Crippen molar-refractivity contribution in [2.75, 3.05) is 0 Å². The molecule has 0 amide bonds. The van der Waals surface area contributed by atoms with E-state index in [1.807, 2.05) is 0 Å². The van der Waals surface area contributed by atoms with Crippen molar-refractivity contribution in [3.05, 3.63) is 59.7 Å². The van der Waals surface area contributed by atoms with E-state index in [4.69, 9.17) is 9.47 Å². The van der Waals surface area contributed by atoms with Crippen LogP contribution in [0.4, 0.5) is 74.6 Å². The number of carbonyl (C=O) groups excluding carboxylic acids is 3.